The number of halogens is 1. The van der Waals surface area contributed by atoms with Crippen molar-refractivity contribution in [2.45, 2.75) is 24.9 Å². The van der Waals surface area contributed by atoms with E-state index in [1.54, 1.807) is 0 Å². The molecule has 0 radical (unpaired) electrons. The molecule has 0 bridgehead atoms. The van der Waals surface area contributed by atoms with Crippen LogP contribution in [0.15, 0.2) is 28.7 Å². The van der Waals surface area contributed by atoms with Crippen molar-refractivity contribution < 1.29 is 9.59 Å². The molecule has 2 fully saturated rings. The second kappa shape index (κ2) is 5.18. The van der Waals surface area contributed by atoms with Gasteiger partial charge in [-0.15, -0.1) is 0 Å². The molecule has 1 spiro atoms. The molecule has 2 heterocycles. The van der Waals surface area contributed by atoms with Gasteiger partial charge >= 0.3 is 6.03 Å². The van der Waals surface area contributed by atoms with E-state index in [1.165, 1.54) is 5.56 Å². The zero-order valence-electron chi connectivity index (χ0n) is 11.0. The van der Waals surface area contributed by atoms with Gasteiger partial charge in [-0.1, -0.05) is 34.1 Å². The summed E-state index contributed by atoms with van der Waals surface area (Å²) in [5, 5.41) is 5.12. The Labute approximate surface area is 125 Å². The van der Waals surface area contributed by atoms with Gasteiger partial charge in [-0.3, -0.25) is 15.0 Å². The molecule has 1 aromatic rings. The average Bonchev–Trinajstić information content (AvgIpc) is 2.70. The number of carbonyl (C=O) groups is 2. The number of imide groups is 1. The summed E-state index contributed by atoms with van der Waals surface area (Å²) in [6, 6.07) is 7.78. The van der Waals surface area contributed by atoms with Crippen molar-refractivity contribution in [3.63, 3.8) is 0 Å². The Balaban J connectivity index is 1.63. The molecule has 5 nitrogen and oxygen atoms in total. The summed E-state index contributed by atoms with van der Waals surface area (Å²) in [7, 11) is 0. The molecule has 6 heteroatoms. The van der Waals surface area contributed by atoms with Crippen molar-refractivity contribution in [1.29, 1.82) is 0 Å². The van der Waals surface area contributed by atoms with Crippen LogP contribution in [-0.2, 0) is 11.3 Å². The van der Waals surface area contributed by atoms with E-state index in [-0.39, 0.29) is 11.9 Å². The van der Waals surface area contributed by atoms with Gasteiger partial charge in [0.1, 0.15) is 5.54 Å². The lowest BCUT2D eigenvalue weighted by molar-refractivity contribution is -0.125. The third-order valence-corrected chi connectivity index (χ3v) is 4.85. The van der Waals surface area contributed by atoms with Crippen LogP contribution < -0.4 is 10.6 Å². The molecule has 0 saturated carbocycles. The molecular weight excluding hydrogens is 322 g/mol. The van der Waals surface area contributed by atoms with Crippen LogP contribution in [-0.4, -0.2) is 35.5 Å². The maximum Gasteiger partial charge on any atom is 0.322 e. The van der Waals surface area contributed by atoms with Gasteiger partial charge in [-0.05, 0) is 24.5 Å². The van der Waals surface area contributed by atoms with Crippen LogP contribution >= 0.6 is 15.9 Å². The van der Waals surface area contributed by atoms with Crippen molar-refractivity contribution in [2.24, 2.45) is 0 Å². The van der Waals surface area contributed by atoms with Gasteiger partial charge in [-0.25, -0.2) is 4.79 Å². The van der Waals surface area contributed by atoms with E-state index in [1.807, 2.05) is 18.2 Å². The molecular formula is C14H16BrN3O2. The first kappa shape index (κ1) is 13.6. The van der Waals surface area contributed by atoms with Crippen LogP contribution in [0.25, 0.3) is 0 Å². The van der Waals surface area contributed by atoms with E-state index in [9.17, 15) is 9.59 Å². The number of likely N-dealkylation sites (tertiary alicyclic amines) is 1. The zero-order valence-corrected chi connectivity index (χ0v) is 12.6. The summed E-state index contributed by atoms with van der Waals surface area (Å²) in [4.78, 5) is 25.5. The van der Waals surface area contributed by atoms with Crippen LogP contribution in [0, 0.1) is 0 Å². The summed E-state index contributed by atoms with van der Waals surface area (Å²) in [5.74, 6) is -0.178. The van der Waals surface area contributed by atoms with Crippen LogP contribution in [0.2, 0.25) is 0 Å². The number of rotatable bonds is 2. The highest BCUT2D eigenvalue weighted by atomic mass is 79.9. The molecule has 0 atom stereocenters. The lowest BCUT2D eigenvalue weighted by atomic mass is 9.87. The summed E-state index contributed by atoms with van der Waals surface area (Å²) < 4.78 is 1.10. The second-order valence-electron chi connectivity index (χ2n) is 5.36. The molecule has 3 rings (SSSR count). The quantitative estimate of drug-likeness (QED) is 0.806. The second-order valence-corrected chi connectivity index (χ2v) is 6.21. The van der Waals surface area contributed by atoms with Gasteiger partial charge in [0.15, 0.2) is 0 Å². The molecule has 2 aliphatic heterocycles. The van der Waals surface area contributed by atoms with Gasteiger partial charge in [-0.2, -0.15) is 0 Å². The van der Waals surface area contributed by atoms with Crippen LogP contribution in [0.5, 0.6) is 0 Å². The molecule has 2 aliphatic rings. The predicted octanol–water partition coefficient (Wildman–Crippen LogP) is 1.62. The summed E-state index contributed by atoms with van der Waals surface area (Å²) in [6.45, 7) is 2.46. The Morgan fingerprint density at radius 1 is 1.20 bits per heavy atom. The Kier molecular flexibility index (Phi) is 3.52. The van der Waals surface area contributed by atoms with Crippen molar-refractivity contribution in [3.05, 3.63) is 34.3 Å². The molecule has 2 saturated heterocycles. The van der Waals surface area contributed by atoms with Crippen molar-refractivity contribution in [2.75, 3.05) is 13.1 Å². The average molecular weight is 338 g/mol. The number of hydrogen-bond acceptors (Lipinski definition) is 3. The SMILES string of the molecule is O=C1NC(=O)C2(CCN(Cc3ccccc3Br)CC2)N1. The number of carbonyl (C=O) groups excluding carboxylic acids is 2. The summed E-state index contributed by atoms with van der Waals surface area (Å²) >= 11 is 3.55. The number of piperidine rings is 1. The maximum absolute atomic E-state index is 11.9. The molecule has 3 amide bonds. The van der Waals surface area contributed by atoms with Crippen LogP contribution in [0.1, 0.15) is 18.4 Å². The number of hydrogen-bond donors (Lipinski definition) is 2. The molecule has 20 heavy (non-hydrogen) atoms. The smallest absolute Gasteiger partial charge is 0.322 e. The number of benzene rings is 1. The van der Waals surface area contributed by atoms with E-state index >= 15 is 0 Å². The first-order valence-electron chi connectivity index (χ1n) is 6.68. The highest BCUT2D eigenvalue weighted by molar-refractivity contribution is 9.10. The Morgan fingerprint density at radius 3 is 2.50 bits per heavy atom. The summed E-state index contributed by atoms with van der Waals surface area (Å²) in [5.41, 5.74) is 0.560. The van der Waals surface area contributed by atoms with E-state index in [2.05, 4.69) is 37.5 Å². The van der Waals surface area contributed by atoms with E-state index < -0.39 is 5.54 Å². The minimum Gasteiger partial charge on any atom is -0.323 e. The largest absolute Gasteiger partial charge is 0.323 e. The lowest BCUT2D eigenvalue weighted by Crippen LogP contribution is -2.54. The lowest BCUT2D eigenvalue weighted by Gasteiger charge is -2.37. The van der Waals surface area contributed by atoms with Gasteiger partial charge in [0.05, 0.1) is 0 Å². The summed E-state index contributed by atoms with van der Waals surface area (Å²) in [6.07, 6.45) is 1.32. The number of nitrogens with one attached hydrogen (secondary N) is 2. The highest BCUT2D eigenvalue weighted by Gasteiger charge is 2.47. The normalized spacial score (nSPS) is 21.9. The number of urea groups is 1. The standard InChI is InChI=1S/C14H16BrN3O2/c15-11-4-2-1-3-10(11)9-18-7-5-14(6-8-18)12(19)16-13(20)17-14/h1-4H,5-9H2,(H2,16,17,19,20). The van der Waals surface area contributed by atoms with Gasteiger partial charge < -0.3 is 5.32 Å². The third-order valence-electron chi connectivity index (χ3n) is 4.08. The topological polar surface area (TPSA) is 61.4 Å². The van der Waals surface area contributed by atoms with Gasteiger partial charge in [0, 0.05) is 24.1 Å². The molecule has 1 aromatic carbocycles. The minimum absolute atomic E-state index is 0.178. The van der Waals surface area contributed by atoms with E-state index in [4.69, 9.17) is 0 Å². The van der Waals surface area contributed by atoms with Crippen molar-refractivity contribution >= 4 is 27.9 Å². The third kappa shape index (κ3) is 2.45. The monoisotopic (exact) mass is 337 g/mol. The Morgan fingerprint density at radius 2 is 1.90 bits per heavy atom. The van der Waals surface area contributed by atoms with Crippen LogP contribution in [0.3, 0.4) is 0 Å². The van der Waals surface area contributed by atoms with Crippen molar-refractivity contribution in [1.82, 2.24) is 15.5 Å². The molecule has 106 valence electrons. The molecule has 0 aliphatic carbocycles. The Hall–Kier alpha value is -1.40. The Bertz CT molecular complexity index is 553. The minimum atomic E-state index is -0.679. The first-order valence-corrected chi connectivity index (χ1v) is 7.48. The van der Waals surface area contributed by atoms with Crippen molar-refractivity contribution in [3.8, 4) is 0 Å². The highest BCUT2D eigenvalue weighted by Crippen LogP contribution is 2.27. The van der Waals surface area contributed by atoms with E-state index in [0.29, 0.717) is 12.8 Å². The van der Waals surface area contributed by atoms with Gasteiger partial charge in [0.25, 0.3) is 5.91 Å². The maximum atomic E-state index is 11.9. The fourth-order valence-electron chi connectivity index (χ4n) is 2.84. The van der Waals surface area contributed by atoms with E-state index in [0.717, 1.165) is 24.1 Å². The zero-order chi connectivity index (χ0) is 14.2. The number of amides is 3. The molecule has 0 aromatic heterocycles. The fraction of sp³-hybridized carbons (Fsp3) is 0.429. The molecule has 0 unspecified atom stereocenters. The van der Waals surface area contributed by atoms with Crippen LogP contribution in [0.4, 0.5) is 4.79 Å². The molecule has 2 N–H and O–H groups in total. The first-order chi connectivity index (χ1) is 9.59. The fourth-order valence-corrected chi connectivity index (χ4v) is 3.25. The van der Waals surface area contributed by atoms with Gasteiger partial charge in [0.2, 0.25) is 0 Å². The number of nitrogens with zero attached hydrogens (tertiary/aromatic N) is 1. The predicted molar refractivity (Wildman–Crippen MR) is 78.1 cm³/mol.